The van der Waals surface area contributed by atoms with Crippen molar-refractivity contribution in [1.82, 2.24) is 14.9 Å². The minimum absolute atomic E-state index is 0.132. The maximum Gasteiger partial charge on any atom is 0.258 e. The van der Waals surface area contributed by atoms with Gasteiger partial charge in [-0.1, -0.05) is 30.3 Å². The third-order valence-electron chi connectivity index (χ3n) is 3.91. The molecule has 1 aromatic carbocycles. The van der Waals surface area contributed by atoms with Gasteiger partial charge in [0, 0.05) is 18.9 Å². The van der Waals surface area contributed by atoms with Gasteiger partial charge >= 0.3 is 0 Å². The topological polar surface area (TPSA) is 84.4 Å². The minimum atomic E-state index is -0.834. The minimum Gasteiger partial charge on any atom is -0.356 e. The van der Waals surface area contributed by atoms with Crippen molar-refractivity contribution < 1.29 is 14.3 Å². The summed E-state index contributed by atoms with van der Waals surface area (Å²) in [6, 6.07) is 10.6. The summed E-state index contributed by atoms with van der Waals surface area (Å²) in [5, 5.41) is 2.66. The van der Waals surface area contributed by atoms with E-state index in [4.69, 9.17) is 4.74 Å². The normalized spacial score (nSPS) is 20.8. The van der Waals surface area contributed by atoms with E-state index in [2.05, 4.69) is 15.3 Å². The molecule has 0 bridgehead atoms. The van der Waals surface area contributed by atoms with Crippen molar-refractivity contribution in [3.05, 3.63) is 53.9 Å². The van der Waals surface area contributed by atoms with E-state index in [1.807, 2.05) is 37.3 Å². The van der Waals surface area contributed by atoms with Crippen LogP contribution in [0.1, 0.15) is 17.3 Å². The standard InChI is InChI=1S/C17H18N4O3/c1-11-8-9-18-17(19-11)20-16(23)15-14(12-6-4-3-5-7-12)21(2)13(22)10-24-15/h3-9,14-15H,10H2,1-2H3,(H,18,19,20,23)/t14-,15-/m0/s1. The molecule has 7 heteroatoms. The van der Waals surface area contributed by atoms with Crippen LogP contribution in [0.2, 0.25) is 0 Å². The molecule has 0 spiro atoms. The number of nitrogens with zero attached hydrogens (tertiary/aromatic N) is 3. The van der Waals surface area contributed by atoms with Gasteiger partial charge in [-0.15, -0.1) is 0 Å². The number of rotatable bonds is 3. The van der Waals surface area contributed by atoms with Crippen LogP contribution in [0.25, 0.3) is 0 Å². The molecule has 0 unspecified atom stereocenters. The van der Waals surface area contributed by atoms with Crippen LogP contribution in [0.5, 0.6) is 0 Å². The average molecular weight is 326 g/mol. The van der Waals surface area contributed by atoms with E-state index in [-0.39, 0.29) is 24.4 Å². The molecule has 2 aromatic rings. The lowest BCUT2D eigenvalue weighted by Gasteiger charge is -2.38. The Bertz CT molecular complexity index is 751. The number of aromatic nitrogens is 2. The average Bonchev–Trinajstić information content (AvgIpc) is 2.58. The summed E-state index contributed by atoms with van der Waals surface area (Å²) in [6.07, 6.45) is 0.739. The smallest absolute Gasteiger partial charge is 0.258 e. The van der Waals surface area contributed by atoms with Gasteiger partial charge in [-0.05, 0) is 18.6 Å². The molecule has 1 aromatic heterocycles. The largest absolute Gasteiger partial charge is 0.356 e. The van der Waals surface area contributed by atoms with Gasteiger partial charge in [0.25, 0.3) is 5.91 Å². The van der Waals surface area contributed by atoms with Crippen molar-refractivity contribution in [3.8, 4) is 0 Å². The number of likely N-dealkylation sites (N-methyl/N-ethyl adjacent to an activating group) is 1. The Morgan fingerprint density at radius 1 is 1.29 bits per heavy atom. The predicted octanol–water partition coefficient (Wildman–Crippen LogP) is 1.32. The molecule has 1 N–H and O–H groups in total. The van der Waals surface area contributed by atoms with Crippen molar-refractivity contribution in [2.45, 2.75) is 19.1 Å². The molecular formula is C17H18N4O3. The molecule has 124 valence electrons. The molecule has 0 saturated carbocycles. The van der Waals surface area contributed by atoms with Gasteiger partial charge in [0.15, 0.2) is 6.10 Å². The fraction of sp³-hybridized carbons (Fsp3) is 0.294. The summed E-state index contributed by atoms with van der Waals surface area (Å²) in [6.45, 7) is 1.68. The molecule has 2 atom stereocenters. The third-order valence-corrected chi connectivity index (χ3v) is 3.91. The molecule has 2 amide bonds. The summed E-state index contributed by atoms with van der Waals surface area (Å²) in [7, 11) is 1.67. The van der Waals surface area contributed by atoms with Gasteiger partial charge in [-0.25, -0.2) is 9.97 Å². The summed E-state index contributed by atoms with van der Waals surface area (Å²) in [4.78, 5) is 34.4. The number of anilines is 1. The Balaban J connectivity index is 1.86. The van der Waals surface area contributed by atoms with E-state index >= 15 is 0 Å². The van der Waals surface area contributed by atoms with Crippen molar-refractivity contribution >= 4 is 17.8 Å². The zero-order chi connectivity index (χ0) is 17.1. The first kappa shape index (κ1) is 16.1. The summed E-state index contributed by atoms with van der Waals surface area (Å²) < 4.78 is 5.53. The molecule has 1 aliphatic heterocycles. The molecule has 2 heterocycles. The van der Waals surface area contributed by atoms with Crippen molar-refractivity contribution in [2.75, 3.05) is 19.0 Å². The highest BCUT2D eigenvalue weighted by Crippen LogP contribution is 2.29. The number of carbonyl (C=O) groups is 2. The quantitative estimate of drug-likeness (QED) is 0.919. The van der Waals surface area contributed by atoms with Crippen LogP contribution in [0.15, 0.2) is 42.6 Å². The van der Waals surface area contributed by atoms with Crippen molar-refractivity contribution in [3.63, 3.8) is 0 Å². The highest BCUT2D eigenvalue weighted by Gasteiger charge is 2.40. The fourth-order valence-electron chi connectivity index (χ4n) is 2.67. The van der Waals surface area contributed by atoms with E-state index in [1.165, 1.54) is 0 Å². The molecule has 7 nitrogen and oxygen atoms in total. The van der Waals surface area contributed by atoms with Gasteiger partial charge in [0.1, 0.15) is 6.61 Å². The Labute approximate surface area is 139 Å². The van der Waals surface area contributed by atoms with E-state index < -0.39 is 12.1 Å². The third kappa shape index (κ3) is 3.26. The van der Waals surface area contributed by atoms with Gasteiger partial charge in [-0.2, -0.15) is 0 Å². The van der Waals surface area contributed by atoms with Crippen LogP contribution in [0, 0.1) is 6.92 Å². The molecule has 0 aliphatic carbocycles. The summed E-state index contributed by atoms with van der Waals surface area (Å²) >= 11 is 0. The lowest BCUT2D eigenvalue weighted by Crippen LogP contribution is -2.51. The molecule has 0 radical (unpaired) electrons. The van der Waals surface area contributed by atoms with Crippen LogP contribution in [0.4, 0.5) is 5.95 Å². The molecular weight excluding hydrogens is 308 g/mol. The SMILES string of the molecule is Cc1ccnc(NC(=O)[C@H]2OCC(=O)N(C)[C@H]2c2ccccc2)n1. The van der Waals surface area contributed by atoms with Gasteiger partial charge in [-0.3, -0.25) is 14.9 Å². The lowest BCUT2D eigenvalue weighted by molar-refractivity contribution is -0.160. The molecule has 1 aliphatic rings. The fourth-order valence-corrected chi connectivity index (χ4v) is 2.67. The maximum atomic E-state index is 12.7. The lowest BCUT2D eigenvalue weighted by atomic mass is 9.98. The highest BCUT2D eigenvalue weighted by molar-refractivity contribution is 5.94. The van der Waals surface area contributed by atoms with Crippen molar-refractivity contribution in [2.24, 2.45) is 0 Å². The van der Waals surface area contributed by atoms with E-state index in [0.29, 0.717) is 0 Å². The molecule has 3 rings (SSSR count). The zero-order valence-electron chi connectivity index (χ0n) is 13.5. The van der Waals surface area contributed by atoms with E-state index in [0.717, 1.165) is 11.3 Å². The highest BCUT2D eigenvalue weighted by atomic mass is 16.5. The predicted molar refractivity (Wildman–Crippen MR) is 87.1 cm³/mol. The number of nitrogens with one attached hydrogen (secondary N) is 1. The van der Waals surface area contributed by atoms with Gasteiger partial charge < -0.3 is 9.64 Å². The molecule has 1 saturated heterocycles. The van der Waals surface area contributed by atoms with Gasteiger partial charge in [0.2, 0.25) is 11.9 Å². The maximum absolute atomic E-state index is 12.7. The van der Waals surface area contributed by atoms with Crippen LogP contribution in [-0.2, 0) is 14.3 Å². The zero-order valence-corrected chi connectivity index (χ0v) is 13.5. The van der Waals surface area contributed by atoms with Crippen LogP contribution < -0.4 is 5.32 Å². The molecule has 24 heavy (non-hydrogen) atoms. The number of hydrogen-bond acceptors (Lipinski definition) is 5. The Hall–Kier alpha value is -2.80. The molecule has 1 fully saturated rings. The first-order valence-electron chi connectivity index (χ1n) is 7.59. The second-order valence-corrected chi connectivity index (χ2v) is 5.60. The Kier molecular flexibility index (Phi) is 4.52. The number of benzene rings is 1. The van der Waals surface area contributed by atoms with Crippen molar-refractivity contribution in [1.29, 1.82) is 0 Å². The van der Waals surface area contributed by atoms with E-state index in [1.54, 1.807) is 24.2 Å². The van der Waals surface area contributed by atoms with Crippen LogP contribution in [0.3, 0.4) is 0 Å². The number of morpholine rings is 1. The summed E-state index contributed by atoms with van der Waals surface area (Å²) in [5.74, 6) is -0.330. The second kappa shape index (κ2) is 6.76. The van der Waals surface area contributed by atoms with Crippen LogP contribution in [-0.4, -0.2) is 46.4 Å². The Morgan fingerprint density at radius 3 is 2.75 bits per heavy atom. The first-order valence-corrected chi connectivity index (χ1v) is 7.59. The number of ether oxygens (including phenoxy) is 1. The van der Waals surface area contributed by atoms with E-state index in [9.17, 15) is 9.59 Å². The van der Waals surface area contributed by atoms with Gasteiger partial charge in [0.05, 0.1) is 6.04 Å². The Morgan fingerprint density at radius 2 is 2.04 bits per heavy atom. The number of aryl methyl sites for hydroxylation is 1. The first-order chi connectivity index (χ1) is 11.6. The summed E-state index contributed by atoms with van der Waals surface area (Å²) in [5.41, 5.74) is 1.58. The number of hydrogen-bond donors (Lipinski definition) is 1. The second-order valence-electron chi connectivity index (χ2n) is 5.60. The van der Waals surface area contributed by atoms with Crippen LogP contribution >= 0.6 is 0 Å². The monoisotopic (exact) mass is 326 g/mol. The number of amides is 2. The number of carbonyl (C=O) groups excluding carboxylic acids is 2.